The fourth-order valence-corrected chi connectivity index (χ4v) is 2.02. The Balaban J connectivity index is 2.08. The molecule has 1 saturated carbocycles. The van der Waals surface area contributed by atoms with E-state index in [1.165, 1.54) is 0 Å². The molecule has 1 heterocycles. The standard InChI is InChI=1S/C13H11ClO2/c1-13(4-5-13)12(15)11-7-8-6-9(14)2-3-10(8)16-11/h2-3,6-7H,4-5H2,1H3. The predicted octanol–water partition coefficient (Wildman–Crippen LogP) is 4.07. The second kappa shape index (κ2) is 3.11. The van der Waals surface area contributed by atoms with E-state index in [0.29, 0.717) is 10.8 Å². The van der Waals surface area contributed by atoms with Gasteiger partial charge in [0.2, 0.25) is 5.78 Å². The number of fused-ring (bicyclic) bond motifs is 1. The van der Waals surface area contributed by atoms with E-state index in [1.54, 1.807) is 18.2 Å². The summed E-state index contributed by atoms with van der Waals surface area (Å²) in [4.78, 5) is 12.1. The number of benzene rings is 1. The number of hydrogen-bond acceptors (Lipinski definition) is 2. The fourth-order valence-electron chi connectivity index (χ4n) is 1.84. The van der Waals surface area contributed by atoms with Crippen molar-refractivity contribution in [3.05, 3.63) is 35.0 Å². The molecule has 0 radical (unpaired) electrons. The van der Waals surface area contributed by atoms with Crippen LogP contribution in [0.1, 0.15) is 30.3 Å². The number of carbonyl (C=O) groups excluding carboxylic acids is 1. The molecule has 82 valence electrons. The van der Waals surface area contributed by atoms with Crippen molar-refractivity contribution in [2.24, 2.45) is 5.41 Å². The zero-order valence-electron chi connectivity index (χ0n) is 8.92. The van der Waals surface area contributed by atoms with Crippen LogP contribution in [0.4, 0.5) is 0 Å². The summed E-state index contributed by atoms with van der Waals surface area (Å²) in [5.74, 6) is 0.567. The normalized spacial score (nSPS) is 17.6. The summed E-state index contributed by atoms with van der Waals surface area (Å²) in [5.41, 5.74) is 0.537. The molecular formula is C13H11ClO2. The largest absolute Gasteiger partial charge is 0.453 e. The lowest BCUT2D eigenvalue weighted by atomic mass is 10.0. The molecule has 2 aromatic rings. The Hall–Kier alpha value is -1.28. The second-order valence-electron chi connectivity index (χ2n) is 4.68. The minimum absolute atomic E-state index is 0.111. The summed E-state index contributed by atoms with van der Waals surface area (Å²) in [6, 6.07) is 7.16. The summed E-state index contributed by atoms with van der Waals surface area (Å²) < 4.78 is 5.54. The Bertz CT molecular complexity index is 579. The lowest BCUT2D eigenvalue weighted by Crippen LogP contribution is -2.10. The van der Waals surface area contributed by atoms with E-state index in [4.69, 9.17) is 16.0 Å². The maximum Gasteiger partial charge on any atom is 0.203 e. The minimum Gasteiger partial charge on any atom is -0.453 e. The number of ketones is 1. The van der Waals surface area contributed by atoms with Crippen LogP contribution in [0.2, 0.25) is 5.02 Å². The fraction of sp³-hybridized carbons (Fsp3) is 0.308. The summed E-state index contributed by atoms with van der Waals surface area (Å²) >= 11 is 5.88. The van der Waals surface area contributed by atoms with Gasteiger partial charge in [0.15, 0.2) is 5.76 Å². The summed E-state index contributed by atoms with van der Waals surface area (Å²) in [6.07, 6.45) is 1.92. The zero-order chi connectivity index (χ0) is 11.3. The molecule has 1 aromatic carbocycles. The molecule has 0 aliphatic heterocycles. The van der Waals surface area contributed by atoms with Crippen LogP contribution in [-0.4, -0.2) is 5.78 Å². The maximum atomic E-state index is 12.1. The van der Waals surface area contributed by atoms with Crippen molar-refractivity contribution in [1.29, 1.82) is 0 Å². The number of carbonyl (C=O) groups is 1. The third-order valence-corrected chi connectivity index (χ3v) is 3.49. The van der Waals surface area contributed by atoms with Crippen LogP contribution in [0.15, 0.2) is 28.7 Å². The molecule has 2 nitrogen and oxygen atoms in total. The van der Waals surface area contributed by atoms with Gasteiger partial charge in [0.25, 0.3) is 0 Å². The average Bonchev–Trinajstić information content (AvgIpc) is 2.87. The third-order valence-electron chi connectivity index (χ3n) is 3.25. The van der Waals surface area contributed by atoms with Gasteiger partial charge >= 0.3 is 0 Å². The van der Waals surface area contributed by atoms with Crippen LogP contribution < -0.4 is 0 Å². The minimum atomic E-state index is -0.183. The first kappa shape index (κ1) is 9.91. The van der Waals surface area contributed by atoms with E-state index in [9.17, 15) is 4.79 Å². The van der Waals surface area contributed by atoms with Crippen molar-refractivity contribution >= 4 is 28.4 Å². The van der Waals surface area contributed by atoms with E-state index in [0.717, 1.165) is 23.8 Å². The predicted molar refractivity (Wildman–Crippen MR) is 62.9 cm³/mol. The first-order valence-electron chi connectivity index (χ1n) is 5.32. The number of Topliss-reactive ketones (excluding diaryl/α,β-unsaturated/α-hetero) is 1. The first-order chi connectivity index (χ1) is 7.58. The molecule has 1 aliphatic carbocycles. The highest BCUT2D eigenvalue weighted by Gasteiger charge is 2.46. The van der Waals surface area contributed by atoms with Crippen molar-refractivity contribution in [1.82, 2.24) is 0 Å². The van der Waals surface area contributed by atoms with E-state index in [1.807, 2.05) is 13.0 Å². The van der Waals surface area contributed by atoms with Crippen LogP contribution >= 0.6 is 11.6 Å². The lowest BCUT2D eigenvalue weighted by Gasteiger charge is -2.01. The Morgan fingerprint density at radius 3 is 2.81 bits per heavy atom. The average molecular weight is 235 g/mol. The van der Waals surface area contributed by atoms with E-state index < -0.39 is 0 Å². The van der Waals surface area contributed by atoms with Crippen LogP contribution in [0.3, 0.4) is 0 Å². The molecule has 16 heavy (non-hydrogen) atoms. The Labute approximate surface area is 98.2 Å². The van der Waals surface area contributed by atoms with Gasteiger partial charge in [-0.1, -0.05) is 18.5 Å². The Morgan fingerprint density at radius 2 is 2.12 bits per heavy atom. The highest BCUT2D eigenvalue weighted by Crippen LogP contribution is 2.48. The molecule has 0 unspecified atom stereocenters. The van der Waals surface area contributed by atoms with E-state index >= 15 is 0 Å². The van der Waals surface area contributed by atoms with Crippen LogP contribution in [-0.2, 0) is 0 Å². The van der Waals surface area contributed by atoms with Gasteiger partial charge in [-0.05, 0) is 37.1 Å². The van der Waals surface area contributed by atoms with E-state index in [2.05, 4.69) is 0 Å². The van der Waals surface area contributed by atoms with Gasteiger partial charge in [-0.15, -0.1) is 0 Å². The zero-order valence-corrected chi connectivity index (χ0v) is 9.67. The van der Waals surface area contributed by atoms with Gasteiger partial charge in [0, 0.05) is 15.8 Å². The van der Waals surface area contributed by atoms with Gasteiger partial charge in [-0.2, -0.15) is 0 Å². The summed E-state index contributed by atoms with van der Waals surface area (Å²) in [5, 5.41) is 1.55. The van der Waals surface area contributed by atoms with Gasteiger partial charge in [-0.25, -0.2) is 0 Å². The molecule has 0 bridgehead atoms. The first-order valence-corrected chi connectivity index (χ1v) is 5.70. The molecule has 0 N–H and O–H groups in total. The van der Waals surface area contributed by atoms with Crippen LogP contribution in [0.5, 0.6) is 0 Å². The molecule has 1 aliphatic rings. The maximum absolute atomic E-state index is 12.1. The summed E-state index contributed by atoms with van der Waals surface area (Å²) in [6.45, 7) is 1.98. The number of furan rings is 1. The van der Waals surface area contributed by atoms with Crippen molar-refractivity contribution in [2.45, 2.75) is 19.8 Å². The molecule has 1 fully saturated rings. The van der Waals surface area contributed by atoms with Crippen LogP contribution in [0.25, 0.3) is 11.0 Å². The van der Waals surface area contributed by atoms with Crippen molar-refractivity contribution in [2.75, 3.05) is 0 Å². The smallest absolute Gasteiger partial charge is 0.203 e. The molecule has 0 saturated heterocycles. The topological polar surface area (TPSA) is 30.2 Å². The third kappa shape index (κ3) is 1.45. The van der Waals surface area contributed by atoms with Crippen molar-refractivity contribution in [3.8, 4) is 0 Å². The molecule has 0 amide bonds. The van der Waals surface area contributed by atoms with Gasteiger partial charge in [0.1, 0.15) is 5.58 Å². The van der Waals surface area contributed by atoms with Gasteiger partial charge < -0.3 is 4.42 Å². The SMILES string of the molecule is CC1(C(=O)c2cc3cc(Cl)ccc3o2)CC1. The van der Waals surface area contributed by atoms with Crippen molar-refractivity contribution in [3.63, 3.8) is 0 Å². The monoisotopic (exact) mass is 234 g/mol. The lowest BCUT2D eigenvalue weighted by molar-refractivity contribution is 0.0886. The quantitative estimate of drug-likeness (QED) is 0.734. The second-order valence-corrected chi connectivity index (χ2v) is 5.12. The molecule has 1 aromatic heterocycles. The number of hydrogen-bond donors (Lipinski definition) is 0. The number of rotatable bonds is 2. The van der Waals surface area contributed by atoms with Crippen LogP contribution in [0, 0.1) is 5.41 Å². The van der Waals surface area contributed by atoms with Gasteiger partial charge in [-0.3, -0.25) is 4.79 Å². The Kier molecular flexibility index (Phi) is 1.93. The highest BCUT2D eigenvalue weighted by molar-refractivity contribution is 6.31. The molecule has 0 atom stereocenters. The molecule has 3 heteroatoms. The molecular weight excluding hydrogens is 224 g/mol. The van der Waals surface area contributed by atoms with Gasteiger partial charge in [0.05, 0.1) is 0 Å². The molecule has 3 rings (SSSR count). The molecule has 0 spiro atoms. The summed E-state index contributed by atoms with van der Waals surface area (Å²) in [7, 11) is 0. The van der Waals surface area contributed by atoms with E-state index in [-0.39, 0.29) is 11.2 Å². The van der Waals surface area contributed by atoms with Crippen molar-refractivity contribution < 1.29 is 9.21 Å². The Morgan fingerprint density at radius 1 is 1.38 bits per heavy atom. The number of halogens is 1. The highest BCUT2D eigenvalue weighted by atomic mass is 35.5.